The van der Waals surface area contributed by atoms with Crippen LogP contribution >= 0.6 is 0 Å². The van der Waals surface area contributed by atoms with Crippen molar-refractivity contribution in [2.45, 2.75) is 139 Å². The third kappa shape index (κ3) is 12.8. The smallest absolute Gasteiger partial charge is 0.272 e. The highest BCUT2D eigenvalue weighted by Gasteiger charge is 2.63. The standard InChI is InChI=1S/C45H66O17/c1-28(24-47-4)50-17-16-33(52-23-22-51-29(2)25-48-5)36-34(46)37-35(30(3)57-44(58-36)59-37)53-20-18-49-19-21-54-38-41-39(55-26-31-12-8-6-9-13-31)43-40(42(38)61-45(60-41)62-43)56-27-32-14-10-7-11-15-32/h6-15,28-30,33-46H,16-27H2,1-5H3/t28-,29-,30?,33?,34?,35?,36?,37?,38?,39?,40?,41?,42?,43?,44?,45?/m1/s1. The lowest BCUT2D eigenvalue weighted by atomic mass is 9.82. The van der Waals surface area contributed by atoms with Crippen LogP contribution < -0.4 is 0 Å². The van der Waals surface area contributed by atoms with Crippen LogP contribution in [0.3, 0.4) is 0 Å². The molecule has 1 aliphatic carbocycles. The summed E-state index contributed by atoms with van der Waals surface area (Å²) in [5.74, 6) is 0. The Labute approximate surface area is 364 Å². The molecule has 5 saturated heterocycles. The van der Waals surface area contributed by atoms with Crippen LogP contribution in [0.2, 0.25) is 0 Å². The van der Waals surface area contributed by atoms with Gasteiger partial charge in [0.05, 0.1) is 90.5 Å². The molecule has 5 heterocycles. The molecule has 2 aromatic rings. The zero-order valence-corrected chi connectivity index (χ0v) is 36.5. The Morgan fingerprint density at radius 2 is 1.02 bits per heavy atom. The maximum atomic E-state index is 11.7. The monoisotopic (exact) mass is 878 g/mol. The first-order valence-corrected chi connectivity index (χ1v) is 21.9. The van der Waals surface area contributed by atoms with Gasteiger partial charge in [-0.2, -0.15) is 0 Å². The van der Waals surface area contributed by atoms with Crippen molar-refractivity contribution in [1.29, 1.82) is 0 Å². The van der Waals surface area contributed by atoms with Gasteiger partial charge in [0.25, 0.3) is 13.0 Å². The van der Waals surface area contributed by atoms with Gasteiger partial charge in [0.15, 0.2) is 0 Å². The number of rotatable bonds is 28. The zero-order chi connectivity index (χ0) is 43.3. The van der Waals surface area contributed by atoms with Crippen molar-refractivity contribution in [1.82, 2.24) is 0 Å². The summed E-state index contributed by atoms with van der Waals surface area (Å²) in [7, 11) is 3.26. The molecule has 1 N–H and O–H groups in total. The lowest BCUT2D eigenvalue weighted by molar-refractivity contribution is -0.489. The van der Waals surface area contributed by atoms with E-state index in [2.05, 4.69) is 0 Å². The number of methoxy groups -OCH3 is 2. The van der Waals surface area contributed by atoms with Crippen LogP contribution in [0.5, 0.6) is 0 Å². The molecule has 5 aliphatic heterocycles. The first kappa shape index (κ1) is 47.7. The van der Waals surface area contributed by atoms with Crippen molar-refractivity contribution in [2.24, 2.45) is 0 Å². The summed E-state index contributed by atoms with van der Waals surface area (Å²) in [4.78, 5) is 0. The Hall–Kier alpha value is -2.24. The summed E-state index contributed by atoms with van der Waals surface area (Å²) >= 11 is 0. The molecule has 13 atom stereocenters. The van der Waals surface area contributed by atoms with E-state index in [1.807, 2.05) is 81.4 Å². The number of benzene rings is 2. The van der Waals surface area contributed by atoms with E-state index >= 15 is 0 Å². The number of ether oxygens (including phenoxy) is 16. The maximum Gasteiger partial charge on any atom is 0.272 e. The molecule has 0 aromatic heterocycles. The van der Waals surface area contributed by atoms with Gasteiger partial charge in [0.2, 0.25) is 0 Å². The van der Waals surface area contributed by atoms with Crippen molar-refractivity contribution in [2.75, 3.05) is 73.7 Å². The maximum absolute atomic E-state index is 11.7. The van der Waals surface area contributed by atoms with Crippen molar-refractivity contribution in [3.8, 4) is 0 Å². The van der Waals surface area contributed by atoms with Gasteiger partial charge in [0.1, 0.15) is 61.0 Å². The highest BCUT2D eigenvalue weighted by molar-refractivity contribution is 5.16. The third-order valence-corrected chi connectivity index (χ3v) is 11.5. The SMILES string of the molecule is COC[C@@H](C)OCCOC(CCO[C@H](C)COC)C1OC2OC(C)C(OCCOCCOC3C4OC5OC3C(OCc3ccccc3)C(O5)C4OCc3ccccc3)C(O2)C1O. The second-order valence-corrected chi connectivity index (χ2v) is 16.2. The highest BCUT2D eigenvalue weighted by Crippen LogP contribution is 2.44. The van der Waals surface area contributed by atoms with E-state index in [1.165, 1.54) is 0 Å². The van der Waals surface area contributed by atoms with Crippen LogP contribution in [0.25, 0.3) is 0 Å². The normalized spacial score (nSPS) is 34.0. The molecule has 0 spiro atoms. The molecular weight excluding hydrogens is 812 g/mol. The van der Waals surface area contributed by atoms with Gasteiger partial charge in [-0.25, -0.2) is 0 Å². The van der Waals surface area contributed by atoms with Crippen LogP contribution in [0.1, 0.15) is 38.3 Å². The first-order valence-electron chi connectivity index (χ1n) is 21.9. The van der Waals surface area contributed by atoms with Crippen LogP contribution in [0.4, 0.5) is 0 Å². The Balaban J connectivity index is 0.893. The Morgan fingerprint density at radius 1 is 0.532 bits per heavy atom. The van der Waals surface area contributed by atoms with Gasteiger partial charge in [-0.15, -0.1) is 0 Å². The molecule has 17 heteroatoms. The fourth-order valence-corrected chi connectivity index (χ4v) is 8.53. The van der Waals surface area contributed by atoms with Gasteiger partial charge < -0.3 is 80.9 Å². The van der Waals surface area contributed by atoms with E-state index < -0.39 is 86.2 Å². The van der Waals surface area contributed by atoms with Crippen molar-refractivity contribution < 1.29 is 80.9 Å². The number of hydrogen-bond acceptors (Lipinski definition) is 17. The molecule has 0 radical (unpaired) electrons. The minimum Gasteiger partial charge on any atom is -0.387 e. The average molecular weight is 879 g/mol. The topological polar surface area (TPSA) is 168 Å². The zero-order valence-electron chi connectivity index (χ0n) is 36.5. The fourth-order valence-electron chi connectivity index (χ4n) is 8.53. The second kappa shape index (κ2) is 24.3. The summed E-state index contributed by atoms with van der Waals surface area (Å²) in [5.41, 5.74) is 2.08. The van der Waals surface area contributed by atoms with E-state index in [4.69, 9.17) is 75.8 Å². The third-order valence-electron chi connectivity index (χ3n) is 11.5. The lowest BCUT2D eigenvalue weighted by Gasteiger charge is -2.58. The number of fused-ring (bicyclic) bond motifs is 2. The largest absolute Gasteiger partial charge is 0.387 e. The molecule has 6 fully saturated rings. The highest BCUT2D eigenvalue weighted by atomic mass is 16.9. The van der Waals surface area contributed by atoms with E-state index in [9.17, 15) is 5.11 Å². The van der Waals surface area contributed by atoms with Crippen LogP contribution in [0, 0.1) is 0 Å². The van der Waals surface area contributed by atoms with E-state index in [1.54, 1.807) is 14.2 Å². The quantitative estimate of drug-likeness (QED) is 0.124. The van der Waals surface area contributed by atoms with E-state index in [0.717, 1.165) is 11.1 Å². The Bertz CT molecular complexity index is 1480. The van der Waals surface area contributed by atoms with Gasteiger partial charge in [0, 0.05) is 20.8 Å². The minimum absolute atomic E-state index is 0.0907. The average Bonchev–Trinajstić information content (AvgIpc) is 3.27. The molecule has 0 amide bonds. The van der Waals surface area contributed by atoms with Crippen LogP contribution in [-0.2, 0) is 89.0 Å². The number of hydrogen-bond donors (Lipinski definition) is 1. The Morgan fingerprint density at radius 3 is 1.58 bits per heavy atom. The predicted octanol–water partition coefficient (Wildman–Crippen LogP) is 3.15. The summed E-state index contributed by atoms with van der Waals surface area (Å²) in [6.45, 7) is 7.60. The molecule has 1 saturated carbocycles. The molecule has 348 valence electrons. The molecule has 6 aliphatic rings. The predicted molar refractivity (Wildman–Crippen MR) is 218 cm³/mol. The summed E-state index contributed by atoms with van der Waals surface area (Å²) < 4.78 is 96.7. The van der Waals surface area contributed by atoms with Gasteiger partial charge in [-0.3, -0.25) is 0 Å². The number of aliphatic hydroxyl groups excluding tert-OH is 1. The fraction of sp³-hybridized carbons (Fsp3) is 0.733. The number of aliphatic hydroxyl groups is 1. The second-order valence-electron chi connectivity index (χ2n) is 16.2. The molecule has 11 unspecified atom stereocenters. The lowest BCUT2D eigenvalue weighted by Crippen LogP contribution is -2.76. The van der Waals surface area contributed by atoms with Crippen molar-refractivity contribution in [3.05, 3.63) is 71.8 Å². The molecule has 62 heavy (non-hydrogen) atoms. The molecule has 2 aromatic carbocycles. The summed E-state index contributed by atoms with van der Waals surface area (Å²) in [6, 6.07) is 20.0. The van der Waals surface area contributed by atoms with Crippen molar-refractivity contribution in [3.63, 3.8) is 0 Å². The Kier molecular flexibility index (Phi) is 18.7. The van der Waals surface area contributed by atoms with Gasteiger partial charge >= 0.3 is 0 Å². The van der Waals surface area contributed by atoms with Crippen LogP contribution in [-0.4, -0.2) is 177 Å². The molecule has 17 nitrogen and oxygen atoms in total. The summed E-state index contributed by atoms with van der Waals surface area (Å²) in [5, 5.41) is 11.7. The van der Waals surface area contributed by atoms with Crippen molar-refractivity contribution >= 4 is 0 Å². The van der Waals surface area contributed by atoms with Crippen LogP contribution in [0.15, 0.2) is 60.7 Å². The van der Waals surface area contributed by atoms with E-state index in [-0.39, 0.29) is 45.2 Å². The van der Waals surface area contributed by atoms with Gasteiger partial charge in [-0.05, 0) is 38.3 Å². The first-order chi connectivity index (χ1) is 30.3. The molecule has 6 bridgehead atoms. The van der Waals surface area contributed by atoms with E-state index in [0.29, 0.717) is 46.1 Å². The molecular formula is C45H66O17. The summed E-state index contributed by atoms with van der Waals surface area (Å²) in [6.07, 6.45) is -6.57. The van der Waals surface area contributed by atoms with Gasteiger partial charge in [-0.1, -0.05) is 60.7 Å². The minimum atomic E-state index is -1.08. The molecule has 8 rings (SSSR count).